The van der Waals surface area contributed by atoms with E-state index in [1.807, 2.05) is 16.8 Å². The number of benzene rings is 1. The van der Waals surface area contributed by atoms with E-state index in [4.69, 9.17) is 0 Å². The van der Waals surface area contributed by atoms with E-state index in [2.05, 4.69) is 15.8 Å². The number of nitrogens with one attached hydrogen (secondary N) is 2. The normalized spacial score (nSPS) is 10.3. The lowest BCUT2D eigenvalue weighted by Crippen LogP contribution is -2.29. The molecular formula is C14H10N4O3S2. The molecule has 0 atom stereocenters. The molecule has 3 rings (SSSR count). The van der Waals surface area contributed by atoms with E-state index < -0.39 is 10.8 Å². The largest absolute Gasteiger partial charge is 0.294 e. The molecule has 0 saturated carbocycles. The van der Waals surface area contributed by atoms with Gasteiger partial charge in [0.1, 0.15) is 16.4 Å². The molecule has 0 unspecified atom stereocenters. The number of carbonyl (C=O) groups excluding carboxylic acids is 1. The molecule has 0 saturated heterocycles. The minimum atomic E-state index is -0.522. The Morgan fingerprint density at radius 2 is 2.04 bits per heavy atom. The number of nitro benzene ring substituents is 1. The van der Waals surface area contributed by atoms with Crippen molar-refractivity contribution in [2.45, 2.75) is 0 Å². The average Bonchev–Trinajstić information content (AvgIpc) is 3.23. The van der Waals surface area contributed by atoms with Gasteiger partial charge in [0.2, 0.25) is 0 Å². The minimum Gasteiger partial charge on any atom is -0.292 e. The van der Waals surface area contributed by atoms with Crippen LogP contribution in [0.15, 0.2) is 46.5 Å². The number of thiophene rings is 1. The fraction of sp³-hybridized carbons (Fsp3) is 0. The van der Waals surface area contributed by atoms with Gasteiger partial charge in [0.05, 0.1) is 4.92 Å². The van der Waals surface area contributed by atoms with Gasteiger partial charge in [0.15, 0.2) is 0 Å². The number of rotatable bonds is 5. The highest BCUT2D eigenvalue weighted by Gasteiger charge is 2.15. The zero-order valence-electron chi connectivity index (χ0n) is 11.6. The zero-order valence-corrected chi connectivity index (χ0v) is 13.2. The average molecular weight is 346 g/mol. The lowest BCUT2D eigenvalue weighted by molar-refractivity contribution is -0.384. The number of thiazole rings is 1. The molecule has 116 valence electrons. The summed E-state index contributed by atoms with van der Waals surface area (Å²) in [6.07, 6.45) is 0. The van der Waals surface area contributed by atoms with E-state index in [0.717, 1.165) is 10.6 Å². The van der Waals surface area contributed by atoms with Gasteiger partial charge < -0.3 is 0 Å². The number of hydrogen-bond acceptors (Lipinski definition) is 7. The van der Waals surface area contributed by atoms with Crippen molar-refractivity contribution in [1.29, 1.82) is 0 Å². The first-order valence-electron chi connectivity index (χ1n) is 6.43. The lowest BCUT2D eigenvalue weighted by atomic mass is 10.3. The molecule has 2 aromatic heterocycles. The first kappa shape index (κ1) is 15.1. The molecule has 1 aromatic carbocycles. The van der Waals surface area contributed by atoms with Crippen LogP contribution in [0.5, 0.6) is 0 Å². The first-order valence-corrected chi connectivity index (χ1v) is 8.25. The van der Waals surface area contributed by atoms with Crippen molar-refractivity contribution in [2.24, 2.45) is 0 Å². The van der Waals surface area contributed by atoms with Gasteiger partial charge in [0.25, 0.3) is 11.6 Å². The molecule has 0 spiro atoms. The van der Waals surface area contributed by atoms with Crippen molar-refractivity contribution in [3.63, 3.8) is 0 Å². The number of hydrazine groups is 1. The van der Waals surface area contributed by atoms with Gasteiger partial charge >= 0.3 is 0 Å². The van der Waals surface area contributed by atoms with Crippen LogP contribution in [-0.4, -0.2) is 15.8 Å². The standard InChI is InChI=1S/C14H10N4O3S2/c19-13(11-8-23-14(15-11)9-5-6-22-7-9)17-16-10-3-1-2-4-12(10)18(20)21/h1-8,16H,(H,17,19). The predicted molar refractivity (Wildman–Crippen MR) is 89.6 cm³/mol. The molecule has 0 radical (unpaired) electrons. The Balaban J connectivity index is 1.70. The van der Waals surface area contributed by atoms with E-state index in [1.54, 1.807) is 28.8 Å². The fourth-order valence-corrected chi connectivity index (χ4v) is 3.34. The van der Waals surface area contributed by atoms with Crippen LogP contribution < -0.4 is 10.9 Å². The van der Waals surface area contributed by atoms with E-state index in [1.165, 1.54) is 23.5 Å². The van der Waals surface area contributed by atoms with Crippen molar-refractivity contribution in [2.75, 3.05) is 5.43 Å². The van der Waals surface area contributed by atoms with Crippen molar-refractivity contribution in [1.82, 2.24) is 10.4 Å². The van der Waals surface area contributed by atoms with Gasteiger partial charge in [-0.15, -0.1) is 11.3 Å². The van der Waals surface area contributed by atoms with Crippen LogP contribution in [0.4, 0.5) is 11.4 Å². The van der Waals surface area contributed by atoms with Gasteiger partial charge in [-0.25, -0.2) is 4.98 Å². The zero-order chi connectivity index (χ0) is 16.2. The summed E-state index contributed by atoms with van der Waals surface area (Å²) in [6.45, 7) is 0. The van der Waals surface area contributed by atoms with Crippen molar-refractivity contribution in [3.05, 3.63) is 62.3 Å². The highest BCUT2D eigenvalue weighted by molar-refractivity contribution is 7.14. The van der Waals surface area contributed by atoms with Crippen LogP contribution >= 0.6 is 22.7 Å². The van der Waals surface area contributed by atoms with Crippen LogP contribution in [0.2, 0.25) is 0 Å². The Morgan fingerprint density at radius 1 is 1.22 bits per heavy atom. The summed E-state index contributed by atoms with van der Waals surface area (Å²) in [4.78, 5) is 26.7. The number of anilines is 1. The van der Waals surface area contributed by atoms with Crippen molar-refractivity contribution in [3.8, 4) is 10.6 Å². The van der Waals surface area contributed by atoms with Crippen LogP contribution in [0.25, 0.3) is 10.6 Å². The maximum Gasteiger partial charge on any atom is 0.294 e. The molecule has 2 heterocycles. The summed E-state index contributed by atoms with van der Waals surface area (Å²) in [5.41, 5.74) is 6.29. The molecular weight excluding hydrogens is 336 g/mol. The Bertz CT molecular complexity index is 845. The summed E-state index contributed by atoms with van der Waals surface area (Å²) >= 11 is 2.92. The Kier molecular flexibility index (Phi) is 4.31. The number of amides is 1. The topological polar surface area (TPSA) is 97.2 Å². The third kappa shape index (κ3) is 3.35. The maximum atomic E-state index is 12.1. The summed E-state index contributed by atoms with van der Waals surface area (Å²) in [6, 6.07) is 7.98. The van der Waals surface area contributed by atoms with E-state index >= 15 is 0 Å². The Hall–Kier alpha value is -2.78. The van der Waals surface area contributed by atoms with Crippen molar-refractivity contribution >= 4 is 40.0 Å². The second-order valence-electron chi connectivity index (χ2n) is 4.40. The Morgan fingerprint density at radius 3 is 2.78 bits per heavy atom. The van der Waals surface area contributed by atoms with Crippen LogP contribution in [-0.2, 0) is 0 Å². The van der Waals surface area contributed by atoms with Gasteiger partial charge in [-0.2, -0.15) is 11.3 Å². The quantitative estimate of drug-likeness (QED) is 0.544. The molecule has 23 heavy (non-hydrogen) atoms. The van der Waals surface area contributed by atoms with Crippen molar-refractivity contribution < 1.29 is 9.72 Å². The number of nitrogens with zero attached hydrogens (tertiary/aromatic N) is 2. The second kappa shape index (κ2) is 6.55. The molecule has 0 aliphatic heterocycles. The monoisotopic (exact) mass is 346 g/mol. The number of aromatic nitrogens is 1. The summed E-state index contributed by atoms with van der Waals surface area (Å²) in [7, 11) is 0. The van der Waals surface area contributed by atoms with E-state index in [-0.39, 0.29) is 17.1 Å². The molecule has 2 N–H and O–H groups in total. The third-order valence-electron chi connectivity index (χ3n) is 2.92. The molecule has 7 nitrogen and oxygen atoms in total. The highest BCUT2D eigenvalue weighted by Crippen LogP contribution is 2.26. The van der Waals surface area contributed by atoms with Crippen LogP contribution in [0, 0.1) is 10.1 Å². The molecule has 0 aliphatic carbocycles. The van der Waals surface area contributed by atoms with Gasteiger partial charge in [-0.3, -0.25) is 25.8 Å². The number of para-hydroxylation sites is 2. The second-order valence-corrected chi connectivity index (χ2v) is 6.04. The van der Waals surface area contributed by atoms with Gasteiger partial charge in [-0.1, -0.05) is 12.1 Å². The molecule has 0 bridgehead atoms. The molecule has 1 amide bonds. The fourth-order valence-electron chi connectivity index (χ4n) is 1.82. The number of hydrogen-bond donors (Lipinski definition) is 2. The van der Waals surface area contributed by atoms with Crippen LogP contribution in [0.3, 0.4) is 0 Å². The van der Waals surface area contributed by atoms with Gasteiger partial charge in [-0.05, 0) is 17.5 Å². The predicted octanol–water partition coefficient (Wildman–Crippen LogP) is 3.54. The smallest absolute Gasteiger partial charge is 0.292 e. The highest BCUT2D eigenvalue weighted by atomic mass is 32.1. The molecule has 0 aliphatic rings. The van der Waals surface area contributed by atoms with Crippen LogP contribution in [0.1, 0.15) is 10.5 Å². The summed E-state index contributed by atoms with van der Waals surface area (Å²) in [5, 5.41) is 17.2. The lowest BCUT2D eigenvalue weighted by Gasteiger charge is -2.07. The SMILES string of the molecule is O=C(NNc1ccccc1[N+](=O)[O-])c1csc(-c2ccsc2)n1. The molecule has 9 heteroatoms. The third-order valence-corrected chi connectivity index (χ3v) is 4.49. The first-order chi connectivity index (χ1) is 11.1. The number of carbonyl (C=O) groups is 1. The Labute approximate surface area is 138 Å². The maximum absolute atomic E-state index is 12.1. The van der Waals surface area contributed by atoms with E-state index in [9.17, 15) is 14.9 Å². The molecule has 0 fully saturated rings. The number of nitro groups is 1. The van der Waals surface area contributed by atoms with Gasteiger partial charge in [0, 0.05) is 22.4 Å². The molecule has 3 aromatic rings. The van der Waals surface area contributed by atoms with E-state index in [0.29, 0.717) is 0 Å². The minimum absolute atomic E-state index is 0.120. The summed E-state index contributed by atoms with van der Waals surface area (Å²) < 4.78 is 0. The summed E-state index contributed by atoms with van der Waals surface area (Å²) in [5.74, 6) is -0.458.